The predicted octanol–water partition coefficient (Wildman–Crippen LogP) is 3.49. The molecule has 146 valence electrons. The molecule has 28 heavy (non-hydrogen) atoms. The number of methoxy groups -OCH3 is 2. The summed E-state index contributed by atoms with van der Waals surface area (Å²) in [5, 5.41) is 3.07. The van der Waals surface area contributed by atoms with Crippen LogP contribution in [0.4, 0.5) is 10.5 Å². The average Bonchev–Trinajstić information content (AvgIpc) is 3.54. The molecule has 4 rings (SSSR count). The van der Waals surface area contributed by atoms with Crippen LogP contribution in [0.2, 0.25) is 0 Å². The Hall–Kier alpha value is -3.02. The summed E-state index contributed by atoms with van der Waals surface area (Å²) in [5.74, 6) is 0.729. The highest BCUT2D eigenvalue weighted by Gasteiger charge is 2.52. The lowest BCUT2D eigenvalue weighted by atomic mass is 9.93. The minimum atomic E-state index is -0.527. The number of carbonyl (C=O) groups is 2. The molecule has 1 N–H and O–H groups in total. The summed E-state index contributed by atoms with van der Waals surface area (Å²) in [6, 6.07) is 13.6. The van der Waals surface area contributed by atoms with E-state index in [9.17, 15) is 9.59 Å². The van der Waals surface area contributed by atoms with Crippen molar-refractivity contribution in [1.82, 2.24) is 4.90 Å². The third kappa shape index (κ3) is 3.19. The van der Waals surface area contributed by atoms with Gasteiger partial charge in [-0.3, -0.25) is 4.79 Å². The summed E-state index contributed by atoms with van der Waals surface area (Å²) < 4.78 is 10.3. The van der Waals surface area contributed by atoms with Gasteiger partial charge in [-0.2, -0.15) is 0 Å². The molecule has 0 bridgehead atoms. The first-order valence-corrected chi connectivity index (χ1v) is 9.47. The van der Waals surface area contributed by atoms with Crippen molar-refractivity contribution in [2.45, 2.75) is 31.2 Å². The number of hydrogen-bond donors (Lipinski definition) is 1. The molecule has 2 amide bonds. The van der Waals surface area contributed by atoms with E-state index in [1.807, 2.05) is 42.5 Å². The molecule has 2 aromatic carbocycles. The van der Waals surface area contributed by atoms with E-state index in [1.54, 1.807) is 12.0 Å². The van der Waals surface area contributed by atoms with E-state index in [0.717, 1.165) is 41.8 Å². The maximum Gasteiger partial charge on any atom is 0.409 e. The van der Waals surface area contributed by atoms with Crippen LogP contribution in [-0.4, -0.2) is 37.7 Å². The van der Waals surface area contributed by atoms with E-state index in [4.69, 9.17) is 9.47 Å². The molecular formula is C22H24N2O4. The average molecular weight is 380 g/mol. The fraction of sp³-hybridized carbons (Fsp3) is 0.364. The maximum atomic E-state index is 13.1. The van der Waals surface area contributed by atoms with Crippen LogP contribution in [-0.2, 0) is 27.9 Å². The van der Waals surface area contributed by atoms with Crippen molar-refractivity contribution < 1.29 is 19.1 Å². The maximum absolute atomic E-state index is 13.1. The number of nitrogens with zero attached hydrogens (tertiary/aromatic N) is 1. The number of benzene rings is 2. The summed E-state index contributed by atoms with van der Waals surface area (Å²) in [4.78, 5) is 26.6. The molecule has 0 spiro atoms. The standard InChI is InChI=1S/C22H24N2O4/c1-27-19-6-4-3-5-18(19)22(10-11-22)20(25)23-17-8-7-15-9-12-24(21(26)28-2)14-16(15)13-17/h3-8,13H,9-12,14H2,1-2H3,(H,23,25). The normalized spacial score (nSPS) is 16.7. The zero-order valence-electron chi connectivity index (χ0n) is 16.2. The molecule has 1 saturated carbocycles. The van der Waals surface area contributed by atoms with Gasteiger partial charge in [-0.1, -0.05) is 24.3 Å². The second kappa shape index (κ2) is 7.19. The van der Waals surface area contributed by atoms with Crippen LogP contribution in [0.15, 0.2) is 42.5 Å². The molecule has 2 aliphatic rings. The van der Waals surface area contributed by atoms with Crippen molar-refractivity contribution in [2.75, 3.05) is 26.1 Å². The lowest BCUT2D eigenvalue weighted by Gasteiger charge is -2.28. The Morgan fingerprint density at radius 1 is 1.07 bits per heavy atom. The van der Waals surface area contributed by atoms with Gasteiger partial charge in [0.15, 0.2) is 0 Å². The van der Waals surface area contributed by atoms with Gasteiger partial charge in [0.1, 0.15) is 5.75 Å². The van der Waals surface area contributed by atoms with E-state index < -0.39 is 5.41 Å². The van der Waals surface area contributed by atoms with Gasteiger partial charge < -0.3 is 19.7 Å². The molecule has 0 atom stereocenters. The molecule has 1 aliphatic carbocycles. The Balaban J connectivity index is 1.54. The fourth-order valence-corrected chi connectivity index (χ4v) is 3.95. The van der Waals surface area contributed by atoms with Crippen molar-refractivity contribution in [2.24, 2.45) is 0 Å². The molecule has 0 aromatic heterocycles. The Kier molecular flexibility index (Phi) is 4.71. The number of carbonyl (C=O) groups excluding carboxylic acids is 2. The smallest absolute Gasteiger partial charge is 0.409 e. The topological polar surface area (TPSA) is 67.9 Å². The number of hydrogen-bond acceptors (Lipinski definition) is 4. The van der Waals surface area contributed by atoms with Crippen LogP contribution < -0.4 is 10.1 Å². The molecule has 2 aromatic rings. The van der Waals surface area contributed by atoms with Gasteiger partial charge in [0, 0.05) is 24.3 Å². The molecular weight excluding hydrogens is 356 g/mol. The molecule has 0 radical (unpaired) electrons. The van der Waals surface area contributed by atoms with Crippen molar-refractivity contribution in [3.05, 3.63) is 59.2 Å². The Labute approximate surface area is 164 Å². The van der Waals surface area contributed by atoms with Gasteiger partial charge in [-0.15, -0.1) is 0 Å². The van der Waals surface area contributed by atoms with Crippen molar-refractivity contribution in [3.63, 3.8) is 0 Å². The quantitative estimate of drug-likeness (QED) is 0.882. The summed E-state index contributed by atoms with van der Waals surface area (Å²) in [7, 11) is 3.02. The molecule has 6 heteroatoms. The second-order valence-electron chi connectivity index (χ2n) is 7.36. The number of rotatable bonds is 4. The molecule has 0 unspecified atom stereocenters. The number of para-hydroxylation sites is 1. The first kappa shape index (κ1) is 18.3. The summed E-state index contributed by atoms with van der Waals surface area (Å²) in [5.41, 5.74) is 3.39. The molecule has 1 aliphatic heterocycles. The number of ether oxygens (including phenoxy) is 2. The summed E-state index contributed by atoms with van der Waals surface area (Å²) in [6.45, 7) is 1.13. The van der Waals surface area contributed by atoms with Crippen LogP contribution in [0.25, 0.3) is 0 Å². The second-order valence-corrected chi connectivity index (χ2v) is 7.36. The van der Waals surface area contributed by atoms with Crippen LogP contribution in [0, 0.1) is 0 Å². The number of nitrogens with one attached hydrogen (secondary N) is 1. The minimum absolute atomic E-state index is 0.0161. The summed E-state index contributed by atoms with van der Waals surface area (Å²) in [6.07, 6.45) is 2.07. The third-order valence-corrected chi connectivity index (χ3v) is 5.72. The molecule has 6 nitrogen and oxygen atoms in total. The van der Waals surface area contributed by atoms with E-state index in [-0.39, 0.29) is 12.0 Å². The number of amides is 2. The Bertz CT molecular complexity index is 921. The van der Waals surface area contributed by atoms with Crippen LogP contribution in [0.5, 0.6) is 5.75 Å². The number of fused-ring (bicyclic) bond motifs is 1. The highest BCUT2D eigenvalue weighted by atomic mass is 16.5. The first-order chi connectivity index (χ1) is 13.6. The molecule has 0 saturated heterocycles. The Morgan fingerprint density at radius 2 is 1.86 bits per heavy atom. The monoisotopic (exact) mass is 380 g/mol. The van der Waals surface area contributed by atoms with Crippen LogP contribution >= 0.6 is 0 Å². The SMILES string of the molecule is COC(=O)N1CCc2ccc(NC(=O)C3(c4ccccc4OC)CC3)cc2C1. The molecule has 1 fully saturated rings. The van der Waals surface area contributed by atoms with Gasteiger partial charge in [-0.05, 0) is 48.6 Å². The van der Waals surface area contributed by atoms with E-state index in [2.05, 4.69) is 5.32 Å². The Morgan fingerprint density at radius 3 is 2.57 bits per heavy atom. The van der Waals surface area contributed by atoms with Crippen molar-refractivity contribution in [1.29, 1.82) is 0 Å². The van der Waals surface area contributed by atoms with E-state index >= 15 is 0 Å². The summed E-state index contributed by atoms with van der Waals surface area (Å²) >= 11 is 0. The van der Waals surface area contributed by atoms with Gasteiger partial charge in [0.05, 0.1) is 19.6 Å². The van der Waals surface area contributed by atoms with Crippen LogP contribution in [0.3, 0.4) is 0 Å². The third-order valence-electron chi connectivity index (χ3n) is 5.72. The first-order valence-electron chi connectivity index (χ1n) is 9.47. The highest BCUT2D eigenvalue weighted by Crippen LogP contribution is 2.52. The zero-order valence-corrected chi connectivity index (χ0v) is 16.2. The predicted molar refractivity (Wildman–Crippen MR) is 105 cm³/mol. The van der Waals surface area contributed by atoms with Gasteiger partial charge in [0.25, 0.3) is 0 Å². The van der Waals surface area contributed by atoms with Gasteiger partial charge >= 0.3 is 6.09 Å². The lowest BCUT2D eigenvalue weighted by molar-refractivity contribution is -0.118. The van der Waals surface area contributed by atoms with Crippen LogP contribution in [0.1, 0.15) is 29.5 Å². The largest absolute Gasteiger partial charge is 0.496 e. The lowest BCUT2D eigenvalue weighted by Crippen LogP contribution is -2.36. The van der Waals surface area contributed by atoms with Crippen molar-refractivity contribution in [3.8, 4) is 5.75 Å². The van der Waals surface area contributed by atoms with E-state index in [1.165, 1.54) is 12.7 Å². The van der Waals surface area contributed by atoms with Gasteiger partial charge in [-0.25, -0.2) is 4.79 Å². The van der Waals surface area contributed by atoms with E-state index in [0.29, 0.717) is 13.1 Å². The minimum Gasteiger partial charge on any atom is -0.496 e. The van der Waals surface area contributed by atoms with Gasteiger partial charge in [0.2, 0.25) is 5.91 Å². The fourth-order valence-electron chi connectivity index (χ4n) is 3.95. The molecule has 1 heterocycles. The highest BCUT2D eigenvalue weighted by molar-refractivity contribution is 6.02. The zero-order chi connectivity index (χ0) is 19.7. The number of anilines is 1. The van der Waals surface area contributed by atoms with Crippen molar-refractivity contribution >= 4 is 17.7 Å².